The zero-order chi connectivity index (χ0) is 12.6. The van der Waals surface area contributed by atoms with Crippen LogP contribution in [0.5, 0.6) is 0 Å². The minimum Gasteiger partial charge on any atom is -0.168 e. The standard InChI is InChI=1S/C9H7.C4H10N.2CH3.2ClH.Si.Zr/c1-2-5-9-7-3-6-8(9)4-1;1-4(2,3)5;;;;;;/h1-7H;5H,1-3H3;2*1H3;2*1H;;/q4*-1;;;;. The third-order valence-electron chi connectivity index (χ3n) is 1.55. The van der Waals surface area contributed by atoms with Crippen molar-refractivity contribution >= 4 is 42.5 Å². The molecule has 1 nitrogen and oxygen atoms in total. The van der Waals surface area contributed by atoms with E-state index in [-0.39, 0.29) is 45.2 Å². The smallest absolute Gasteiger partial charge is 0.0809 e. The first-order valence-corrected chi connectivity index (χ1v) is 9.26. The Morgan fingerprint density at radius 1 is 1.00 bits per heavy atom. The molecule has 1 N–H and O–H groups in total. The van der Waals surface area contributed by atoms with Gasteiger partial charge in [0.1, 0.15) is 0 Å². The third-order valence-corrected chi connectivity index (χ3v) is 1.55. The van der Waals surface area contributed by atoms with Crippen LogP contribution in [0.25, 0.3) is 16.5 Å². The Morgan fingerprint density at radius 2 is 1.40 bits per heavy atom. The molecule has 0 unspecified atom stereocenters. The van der Waals surface area contributed by atoms with E-state index in [9.17, 15) is 0 Å². The summed E-state index contributed by atoms with van der Waals surface area (Å²) >= 11 is 1.36. The number of rotatable bonds is 0. The molecule has 20 heavy (non-hydrogen) atoms. The van der Waals surface area contributed by atoms with Crippen molar-refractivity contribution < 1.29 is 23.3 Å². The van der Waals surface area contributed by atoms with Crippen LogP contribution >= 0.6 is 24.8 Å². The second-order valence-corrected chi connectivity index (χ2v) is 4.40. The first kappa shape index (κ1) is 32.4. The zero-order valence-electron chi connectivity index (χ0n) is 12.9. The quantitative estimate of drug-likeness (QED) is 0.390. The van der Waals surface area contributed by atoms with Crippen molar-refractivity contribution in [3.05, 3.63) is 63.1 Å². The van der Waals surface area contributed by atoms with Gasteiger partial charge in [-0.3, -0.25) is 0 Å². The van der Waals surface area contributed by atoms with E-state index in [0.717, 1.165) is 0 Å². The van der Waals surface area contributed by atoms with Crippen LogP contribution in [0, 0.1) is 14.9 Å². The van der Waals surface area contributed by atoms with Gasteiger partial charge in [0, 0.05) is 0 Å². The molecule has 0 bridgehead atoms. The van der Waals surface area contributed by atoms with Crippen LogP contribution in [0.3, 0.4) is 0 Å². The van der Waals surface area contributed by atoms with Gasteiger partial charge in [0.25, 0.3) is 0 Å². The van der Waals surface area contributed by atoms with Gasteiger partial charge >= 0.3 is 30.2 Å². The molecule has 2 radical (unpaired) electrons. The largest absolute Gasteiger partial charge is 0.168 e. The van der Waals surface area contributed by atoms with Gasteiger partial charge in [0.05, 0.1) is 0 Å². The molecule has 0 aliphatic carbocycles. The summed E-state index contributed by atoms with van der Waals surface area (Å²) in [6.45, 7) is 8.62. The normalized spacial score (nSPS) is 7.75. The van der Waals surface area contributed by atoms with E-state index in [4.69, 9.17) is 5.73 Å². The average molecular weight is 410 g/mol. The molecular formula is C15H25Cl2NSiZr-4. The average Bonchev–Trinajstić information content (AvgIpc) is 2.66. The van der Waals surface area contributed by atoms with Gasteiger partial charge in [-0.05, 0) is 0 Å². The van der Waals surface area contributed by atoms with Crippen LogP contribution in [0.1, 0.15) is 20.8 Å². The monoisotopic (exact) mass is 407 g/mol. The maximum atomic E-state index is 6.94. The van der Waals surface area contributed by atoms with E-state index in [0.29, 0.717) is 0 Å². The summed E-state index contributed by atoms with van der Waals surface area (Å²) < 4.78 is 0. The molecule has 116 valence electrons. The number of hydrogen-bond acceptors (Lipinski definition) is 0. The van der Waals surface area contributed by atoms with Crippen molar-refractivity contribution in [3.8, 4) is 0 Å². The number of halogens is 2. The Morgan fingerprint density at radius 3 is 1.80 bits per heavy atom. The molecule has 0 fully saturated rings. The topological polar surface area (TPSA) is 23.8 Å². The van der Waals surface area contributed by atoms with Crippen molar-refractivity contribution in [1.82, 2.24) is 0 Å². The number of nitrogens with one attached hydrogen (secondary N) is 1. The fourth-order valence-corrected chi connectivity index (χ4v) is 1.07. The van der Waals surface area contributed by atoms with Crippen LogP contribution in [-0.2, 0) is 23.3 Å². The summed E-state index contributed by atoms with van der Waals surface area (Å²) in [7, 11) is 0. The Balaban J connectivity index is -0.0000000616. The van der Waals surface area contributed by atoms with Gasteiger partial charge in [-0.25, -0.2) is 0 Å². The summed E-state index contributed by atoms with van der Waals surface area (Å²) in [5.41, 5.74) is 6.69. The Labute approximate surface area is 154 Å². The molecule has 0 heterocycles. The van der Waals surface area contributed by atoms with Gasteiger partial charge < -0.3 is 20.6 Å². The molecule has 0 saturated carbocycles. The number of hydrogen-bond donors (Lipinski definition) is 0. The molecular weight excluding hydrogens is 384 g/mol. The fourth-order valence-electron chi connectivity index (χ4n) is 1.07. The van der Waals surface area contributed by atoms with Crippen LogP contribution in [0.4, 0.5) is 0 Å². The molecule has 0 spiro atoms. The van der Waals surface area contributed by atoms with E-state index in [1.807, 2.05) is 20.8 Å². The van der Waals surface area contributed by atoms with Crippen LogP contribution < -0.4 is 0 Å². The predicted molar refractivity (Wildman–Crippen MR) is 96.7 cm³/mol. The summed E-state index contributed by atoms with van der Waals surface area (Å²) in [4.78, 5) is 0. The van der Waals surface area contributed by atoms with Gasteiger partial charge in [0.2, 0.25) is 0 Å². The number of benzene rings is 1. The van der Waals surface area contributed by atoms with Crippen LogP contribution in [-0.4, -0.2) is 12.4 Å². The van der Waals surface area contributed by atoms with Crippen LogP contribution in [0.2, 0.25) is 0 Å². The maximum absolute atomic E-state index is 6.94. The Bertz CT molecular complexity index is 377. The molecule has 0 atom stereocenters. The minimum absolute atomic E-state index is 0. The molecule has 0 aliphatic heterocycles. The molecule has 5 heteroatoms. The SMILES string of the molecule is CC(C)(C)[NH-].Cl.Cl.[CH3-].[CH3-].[Si]=[Zr].c1ccc2[cH-]ccc2c1. The molecule has 0 aliphatic rings. The fraction of sp³-hybridized carbons (Fsp3) is 0.267. The summed E-state index contributed by atoms with van der Waals surface area (Å²) in [6, 6.07) is 14.7. The van der Waals surface area contributed by atoms with Crippen molar-refractivity contribution in [2.24, 2.45) is 0 Å². The molecule has 2 rings (SSSR count). The van der Waals surface area contributed by atoms with Gasteiger partial charge in [0.15, 0.2) is 0 Å². The maximum Gasteiger partial charge on any atom is -0.0809 e. The first-order chi connectivity index (χ1) is 7.47. The van der Waals surface area contributed by atoms with E-state index >= 15 is 0 Å². The second-order valence-electron chi connectivity index (χ2n) is 4.40. The van der Waals surface area contributed by atoms with Crippen molar-refractivity contribution in [2.75, 3.05) is 0 Å². The molecule has 0 amide bonds. The third kappa shape index (κ3) is 18.5. The Kier molecular flexibility index (Phi) is 28.4. The second kappa shape index (κ2) is 17.5. The van der Waals surface area contributed by atoms with Crippen molar-refractivity contribution in [2.45, 2.75) is 26.3 Å². The zero-order valence-corrected chi connectivity index (χ0v) is 17.9. The van der Waals surface area contributed by atoms with Crippen LogP contribution in [0.15, 0.2) is 42.5 Å². The van der Waals surface area contributed by atoms with E-state index in [1.165, 1.54) is 34.1 Å². The van der Waals surface area contributed by atoms with E-state index in [2.05, 4.69) is 49.3 Å². The van der Waals surface area contributed by atoms with Gasteiger partial charge in [-0.1, -0.05) is 26.8 Å². The van der Waals surface area contributed by atoms with Crippen molar-refractivity contribution in [1.29, 1.82) is 0 Å². The molecule has 2 aromatic rings. The molecule has 2 aromatic carbocycles. The predicted octanol–water partition coefficient (Wildman–Crippen LogP) is 5.76. The summed E-state index contributed by atoms with van der Waals surface area (Å²) in [5, 5.41) is 2.66. The van der Waals surface area contributed by atoms with Gasteiger partial charge in [-0.2, -0.15) is 17.5 Å². The molecule has 0 saturated heterocycles. The summed E-state index contributed by atoms with van der Waals surface area (Å²) in [5.74, 6) is 0. The van der Waals surface area contributed by atoms with E-state index < -0.39 is 0 Å². The Hall–Kier alpha value is 0.470. The summed E-state index contributed by atoms with van der Waals surface area (Å²) in [6.07, 6.45) is 0. The van der Waals surface area contributed by atoms with Gasteiger partial charge in [-0.15, -0.1) is 60.0 Å². The number of fused-ring (bicyclic) bond motifs is 1. The van der Waals surface area contributed by atoms with Crippen molar-refractivity contribution in [3.63, 3.8) is 0 Å². The molecule has 0 aromatic heterocycles. The minimum atomic E-state index is -0.250. The first-order valence-electron chi connectivity index (χ1n) is 5.07. The van der Waals surface area contributed by atoms with E-state index in [1.54, 1.807) is 0 Å².